The Morgan fingerprint density at radius 1 is 1.62 bits per heavy atom. The van der Waals surface area contributed by atoms with Crippen molar-refractivity contribution in [3.05, 3.63) is 0 Å². The van der Waals surface area contributed by atoms with Crippen LogP contribution < -0.4 is 15.9 Å². The molecule has 0 fully saturated rings. The fourth-order valence-corrected chi connectivity index (χ4v) is 0. The molecule has 0 spiro atoms. The van der Waals surface area contributed by atoms with E-state index in [4.69, 9.17) is 20.1 Å². The molecule has 0 rings (SSSR count). The van der Waals surface area contributed by atoms with Gasteiger partial charge < -0.3 is 25.8 Å². The summed E-state index contributed by atoms with van der Waals surface area (Å²) in [6.45, 7) is -0.250. The van der Waals surface area contributed by atoms with Gasteiger partial charge in [0.1, 0.15) is 0 Å². The third-order valence-electron chi connectivity index (χ3n) is 0. The maximum Gasteiger partial charge on any atom is 2.00 e. The Labute approximate surface area is 56.6 Å². The maximum absolute atomic E-state index is 8.33. The van der Waals surface area contributed by atoms with Gasteiger partial charge in [-0.15, -0.1) is 0 Å². The third kappa shape index (κ3) is 1500. The molecule has 0 atom stereocenters. The second kappa shape index (κ2) is 15.9. The van der Waals surface area contributed by atoms with Crippen LogP contribution in [0.3, 0.4) is 0 Å². The molecule has 0 heterocycles. The number of nitrogens with two attached hydrogens (primary N) is 1. The van der Waals surface area contributed by atoms with Crippen molar-refractivity contribution >= 4 is 6.16 Å². The van der Waals surface area contributed by atoms with Crippen molar-refractivity contribution in [2.24, 2.45) is 5.73 Å². The third-order valence-corrected chi connectivity index (χ3v) is 0. The van der Waals surface area contributed by atoms with E-state index in [0.29, 0.717) is 0 Å². The minimum atomic E-state index is -2.33. The standard InChI is InChI=1S/CH5NO.CH2O3.Cu/c2-1-3;2-1(3)4;/h3H,1-2H2;(H2,2,3,4);/q;;+2/p-2. The van der Waals surface area contributed by atoms with E-state index in [2.05, 4.69) is 5.73 Å². The first-order valence-corrected chi connectivity index (χ1v) is 1.34. The number of rotatable bonds is 0. The Bertz CT molecular complexity index is 45.3. The molecule has 0 saturated carbocycles. The number of aliphatic hydroxyl groups is 1. The summed E-state index contributed by atoms with van der Waals surface area (Å²) in [4.78, 5) is 8.33. The van der Waals surface area contributed by atoms with Crippen molar-refractivity contribution in [1.82, 2.24) is 0 Å². The Morgan fingerprint density at radius 2 is 1.62 bits per heavy atom. The predicted octanol–water partition coefficient (Wildman–Crippen LogP) is -3.55. The molecule has 0 aliphatic carbocycles. The fraction of sp³-hybridized carbons (Fsp3) is 0.500. The van der Waals surface area contributed by atoms with Gasteiger partial charge in [0, 0.05) is 0 Å². The zero-order valence-corrected chi connectivity index (χ0v) is 4.70. The van der Waals surface area contributed by atoms with Crippen molar-refractivity contribution < 1.29 is 37.2 Å². The summed E-state index contributed by atoms with van der Waals surface area (Å²) in [6, 6.07) is 0. The molecule has 5 nitrogen and oxygen atoms in total. The molecule has 0 unspecified atom stereocenters. The minimum Gasteiger partial charge on any atom is -0.652 e. The first-order chi connectivity index (χ1) is 3.15. The molecular weight excluding hydrogens is 166 g/mol. The van der Waals surface area contributed by atoms with Gasteiger partial charge in [0.15, 0.2) is 0 Å². The fourth-order valence-electron chi connectivity index (χ4n) is 0. The van der Waals surface area contributed by atoms with Crippen molar-refractivity contribution in [3.8, 4) is 0 Å². The largest absolute Gasteiger partial charge is 2.00 e. The van der Waals surface area contributed by atoms with Crippen LogP contribution >= 0.6 is 0 Å². The average molecular weight is 171 g/mol. The number of carbonyl (C=O) groups excluding carboxylic acids is 1. The minimum absolute atomic E-state index is 0. The Hall–Kier alpha value is -0.291. The van der Waals surface area contributed by atoms with Gasteiger partial charge in [-0.05, 0) is 6.16 Å². The number of carboxylic acid groups (broad SMARTS) is 2. The molecule has 0 aromatic rings. The monoisotopic (exact) mass is 170 g/mol. The molecule has 3 N–H and O–H groups in total. The van der Waals surface area contributed by atoms with Crippen LogP contribution in [0, 0.1) is 0 Å². The van der Waals surface area contributed by atoms with E-state index in [-0.39, 0.29) is 23.8 Å². The van der Waals surface area contributed by atoms with Crippen molar-refractivity contribution in [2.45, 2.75) is 0 Å². The van der Waals surface area contributed by atoms with E-state index < -0.39 is 6.16 Å². The molecule has 0 bridgehead atoms. The molecule has 0 amide bonds. The van der Waals surface area contributed by atoms with Gasteiger partial charge in [0.2, 0.25) is 0 Å². The molecule has 53 valence electrons. The second-order valence-electron chi connectivity index (χ2n) is 0.433. The topological polar surface area (TPSA) is 109 Å². The zero-order chi connectivity index (χ0) is 6.28. The van der Waals surface area contributed by atoms with Gasteiger partial charge in [-0.2, -0.15) is 0 Å². The van der Waals surface area contributed by atoms with E-state index in [9.17, 15) is 0 Å². The van der Waals surface area contributed by atoms with Gasteiger partial charge in [-0.25, -0.2) is 0 Å². The zero-order valence-electron chi connectivity index (χ0n) is 3.76. The molecule has 0 aromatic carbocycles. The van der Waals surface area contributed by atoms with Crippen LogP contribution in [0.5, 0.6) is 0 Å². The van der Waals surface area contributed by atoms with Crippen LogP contribution in [-0.4, -0.2) is 18.0 Å². The summed E-state index contributed by atoms with van der Waals surface area (Å²) in [5.41, 5.74) is 4.40. The maximum atomic E-state index is 8.33. The van der Waals surface area contributed by atoms with E-state index >= 15 is 0 Å². The summed E-state index contributed by atoms with van der Waals surface area (Å²) >= 11 is 0. The van der Waals surface area contributed by atoms with Crippen LogP contribution in [0.4, 0.5) is 4.79 Å². The van der Waals surface area contributed by atoms with Crippen LogP contribution in [0.15, 0.2) is 0 Å². The summed E-state index contributed by atoms with van der Waals surface area (Å²) < 4.78 is 0. The van der Waals surface area contributed by atoms with Gasteiger partial charge >= 0.3 is 17.1 Å². The van der Waals surface area contributed by atoms with Gasteiger partial charge in [0.05, 0.1) is 6.73 Å². The van der Waals surface area contributed by atoms with Gasteiger partial charge in [-0.3, -0.25) is 0 Å². The first-order valence-electron chi connectivity index (χ1n) is 1.34. The quantitative estimate of drug-likeness (QED) is 0.289. The van der Waals surface area contributed by atoms with Crippen LogP contribution in [-0.2, 0) is 17.1 Å². The van der Waals surface area contributed by atoms with E-state index in [1.807, 2.05) is 0 Å². The number of hydrogen-bond donors (Lipinski definition) is 2. The average Bonchev–Trinajstić information content (AvgIpc) is 1.33. The molecule has 0 aliphatic rings. The predicted molar refractivity (Wildman–Crippen MR) is 16.7 cm³/mol. The van der Waals surface area contributed by atoms with Gasteiger partial charge in [0.25, 0.3) is 0 Å². The Kier molecular flexibility index (Phi) is 31.1. The second-order valence-corrected chi connectivity index (χ2v) is 0.433. The van der Waals surface area contributed by atoms with E-state index in [1.54, 1.807) is 0 Å². The van der Waals surface area contributed by atoms with Crippen molar-refractivity contribution in [3.63, 3.8) is 0 Å². The molecule has 0 aromatic heterocycles. The van der Waals surface area contributed by atoms with E-state index in [0.717, 1.165) is 0 Å². The van der Waals surface area contributed by atoms with Crippen molar-refractivity contribution in [2.75, 3.05) is 6.73 Å². The smallest absolute Gasteiger partial charge is 0.652 e. The number of hydrogen-bond acceptors (Lipinski definition) is 5. The number of carbonyl (C=O) groups is 1. The Balaban J connectivity index is -0.0000000575. The molecule has 6 heteroatoms. The van der Waals surface area contributed by atoms with E-state index in [1.165, 1.54) is 0 Å². The molecule has 1 radical (unpaired) electrons. The first kappa shape index (κ1) is 15.6. The number of aliphatic hydroxyl groups excluding tert-OH is 1. The molecule has 0 aliphatic heterocycles. The van der Waals surface area contributed by atoms with Crippen LogP contribution in [0.1, 0.15) is 0 Å². The summed E-state index contributed by atoms with van der Waals surface area (Å²) in [5, 5.41) is 24.0. The Morgan fingerprint density at radius 3 is 1.62 bits per heavy atom. The normalized spacial score (nSPS) is 5.25. The molecular formula is C2H5CuNO4. The van der Waals surface area contributed by atoms with Crippen LogP contribution in [0.25, 0.3) is 0 Å². The summed E-state index contributed by atoms with van der Waals surface area (Å²) in [6.07, 6.45) is -2.33. The van der Waals surface area contributed by atoms with Crippen molar-refractivity contribution in [1.29, 1.82) is 0 Å². The SMILES string of the molecule is NCO.O=C([O-])[O-].[Cu+2]. The van der Waals surface area contributed by atoms with Gasteiger partial charge in [-0.1, -0.05) is 0 Å². The summed E-state index contributed by atoms with van der Waals surface area (Å²) in [5.74, 6) is 0. The molecule has 8 heavy (non-hydrogen) atoms. The van der Waals surface area contributed by atoms with Crippen LogP contribution in [0.2, 0.25) is 0 Å². The molecule has 0 saturated heterocycles. The summed E-state index contributed by atoms with van der Waals surface area (Å²) in [7, 11) is 0.